The van der Waals surface area contributed by atoms with Gasteiger partial charge in [0.2, 0.25) is 0 Å². The second kappa shape index (κ2) is 5.60. The summed E-state index contributed by atoms with van der Waals surface area (Å²) in [4.78, 5) is -0.320. The lowest BCUT2D eigenvalue weighted by Crippen LogP contribution is -2.11. The summed E-state index contributed by atoms with van der Waals surface area (Å²) in [5, 5.41) is 0. The van der Waals surface area contributed by atoms with E-state index in [1.807, 2.05) is 13.8 Å². The summed E-state index contributed by atoms with van der Waals surface area (Å²) < 4.78 is 0. The highest BCUT2D eigenvalue weighted by molar-refractivity contribution is 6.25. The number of rotatable bonds is 5. The van der Waals surface area contributed by atoms with Crippen molar-refractivity contribution in [2.75, 3.05) is 0 Å². The molecule has 0 amide bonds. The van der Waals surface area contributed by atoms with Gasteiger partial charge in [0, 0.05) is 0 Å². The van der Waals surface area contributed by atoms with Gasteiger partial charge >= 0.3 is 0 Å². The normalized spacial score (nSPS) is 13.5. The van der Waals surface area contributed by atoms with E-state index in [9.17, 15) is 0 Å². The van der Waals surface area contributed by atoms with Crippen LogP contribution in [0, 0.1) is 5.92 Å². The van der Waals surface area contributed by atoms with Crippen LogP contribution in [0.2, 0.25) is 0 Å². The highest BCUT2D eigenvalue weighted by Crippen LogP contribution is 2.25. The highest BCUT2D eigenvalue weighted by atomic mass is 35.5. The van der Waals surface area contributed by atoms with E-state index in [0.717, 1.165) is 17.9 Å². The lowest BCUT2D eigenvalue weighted by atomic mass is 9.98. The van der Waals surface area contributed by atoms with Crippen LogP contribution in [-0.2, 0) is 0 Å². The Kier molecular flexibility index (Phi) is 5.51. The predicted molar refractivity (Wildman–Crippen MR) is 66.9 cm³/mol. The molecule has 0 aliphatic heterocycles. The first-order valence-electron chi connectivity index (χ1n) is 5.29. The molecular weight excluding hydrogens is 192 g/mol. The fraction of sp³-hybridized carbons (Fsp3) is 0.692. The minimum Gasteiger partial charge on any atom is -0.115 e. The van der Waals surface area contributed by atoms with Crippen molar-refractivity contribution in [1.29, 1.82) is 0 Å². The monoisotopic (exact) mass is 214 g/mol. The van der Waals surface area contributed by atoms with Crippen LogP contribution in [0.1, 0.15) is 47.5 Å². The molecule has 0 aromatic rings. The van der Waals surface area contributed by atoms with Gasteiger partial charge in [0.15, 0.2) is 0 Å². The Bertz CT molecular complexity index is 216. The molecule has 0 aromatic carbocycles. The van der Waals surface area contributed by atoms with E-state index in [4.69, 9.17) is 11.6 Å². The van der Waals surface area contributed by atoms with E-state index in [-0.39, 0.29) is 4.87 Å². The number of hydrogen-bond donors (Lipinski definition) is 0. The molecule has 0 saturated carbocycles. The van der Waals surface area contributed by atoms with Gasteiger partial charge in [-0.3, -0.25) is 0 Å². The van der Waals surface area contributed by atoms with Crippen LogP contribution in [0.5, 0.6) is 0 Å². The van der Waals surface area contributed by atoms with E-state index in [2.05, 4.69) is 33.4 Å². The van der Waals surface area contributed by atoms with Gasteiger partial charge in [-0.1, -0.05) is 32.1 Å². The number of allylic oxidation sites excluding steroid dienone is 3. The van der Waals surface area contributed by atoms with Crippen molar-refractivity contribution in [1.82, 2.24) is 0 Å². The van der Waals surface area contributed by atoms with Crippen molar-refractivity contribution < 1.29 is 0 Å². The average molecular weight is 215 g/mol. The zero-order valence-corrected chi connectivity index (χ0v) is 10.9. The number of hydrogen-bond acceptors (Lipinski definition) is 0. The van der Waals surface area contributed by atoms with Crippen molar-refractivity contribution in [2.45, 2.75) is 52.3 Å². The van der Waals surface area contributed by atoms with Crippen molar-refractivity contribution in [3.8, 4) is 0 Å². The Morgan fingerprint density at radius 2 is 1.93 bits per heavy atom. The van der Waals surface area contributed by atoms with Crippen LogP contribution in [-0.4, -0.2) is 4.87 Å². The van der Waals surface area contributed by atoms with E-state index in [0.29, 0.717) is 0 Å². The van der Waals surface area contributed by atoms with Gasteiger partial charge in [-0.25, -0.2) is 0 Å². The van der Waals surface area contributed by atoms with E-state index >= 15 is 0 Å². The summed E-state index contributed by atoms with van der Waals surface area (Å²) in [6.45, 7) is 14.6. The van der Waals surface area contributed by atoms with Gasteiger partial charge in [-0.2, -0.15) is 0 Å². The zero-order valence-electron chi connectivity index (χ0n) is 10.2. The molecular formula is C13H23Cl. The first-order valence-corrected chi connectivity index (χ1v) is 5.66. The summed E-state index contributed by atoms with van der Waals surface area (Å²) in [7, 11) is 0. The Hall–Kier alpha value is -0.230. The van der Waals surface area contributed by atoms with E-state index in [1.54, 1.807) is 0 Å². The van der Waals surface area contributed by atoms with Crippen molar-refractivity contribution in [3.63, 3.8) is 0 Å². The molecule has 0 unspecified atom stereocenters. The summed E-state index contributed by atoms with van der Waals surface area (Å²) in [5.41, 5.74) is 2.37. The van der Waals surface area contributed by atoms with Crippen molar-refractivity contribution in [3.05, 3.63) is 23.8 Å². The van der Waals surface area contributed by atoms with Crippen LogP contribution in [0.15, 0.2) is 23.8 Å². The minimum absolute atomic E-state index is 0.320. The van der Waals surface area contributed by atoms with Crippen LogP contribution in [0.4, 0.5) is 0 Å². The minimum atomic E-state index is -0.320. The molecule has 0 aliphatic carbocycles. The zero-order chi connectivity index (χ0) is 11.4. The Balaban J connectivity index is 4.17. The Morgan fingerprint density at radius 1 is 1.43 bits per heavy atom. The molecule has 82 valence electrons. The van der Waals surface area contributed by atoms with Crippen molar-refractivity contribution in [2.24, 2.45) is 5.92 Å². The molecule has 14 heavy (non-hydrogen) atoms. The molecule has 0 nitrogen and oxygen atoms in total. The molecule has 0 fully saturated rings. The molecule has 0 rings (SSSR count). The third-order valence-electron chi connectivity index (χ3n) is 2.30. The smallest absolute Gasteiger partial charge is 0.0633 e. The third kappa shape index (κ3) is 6.26. The Labute approximate surface area is 94.0 Å². The lowest BCUT2D eigenvalue weighted by molar-refractivity contribution is 0.584. The molecule has 0 bridgehead atoms. The molecule has 0 radical (unpaired) electrons. The van der Waals surface area contributed by atoms with E-state index in [1.165, 1.54) is 12.0 Å². The van der Waals surface area contributed by atoms with Crippen LogP contribution in [0.3, 0.4) is 0 Å². The second-order valence-corrected chi connectivity index (χ2v) is 5.87. The highest BCUT2D eigenvalue weighted by Gasteiger charge is 2.15. The molecule has 0 saturated heterocycles. The molecule has 0 heterocycles. The quantitative estimate of drug-likeness (QED) is 0.449. The fourth-order valence-electron chi connectivity index (χ4n) is 1.06. The maximum absolute atomic E-state index is 6.15. The van der Waals surface area contributed by atoms with E-state index < -0.39 is 0 Å². The van der Waals surface area contributed by atoms with Gasteiger partial charge in [0.05, 0.1) is 4.87 Å². The largest absolute Gasteiger partial charge is 0.115 e. The van der Waals surface area contributed by atoms with Crippen LogP contribution in [0.25, 0.3) is 0 Å². The summed E-state index contributed by atoms with van der Waals surface area (Å²) >= 11 is 6.15. The SMILES string of the molecule is C=C(/C=C(\C)CCC(C)C)C(C)(C)Cl. The molecule has 1 heteroatoms. The number of halogens is 1. The summed E-state index contributed by atoms with van der Waals surface area (Å²) in [6, 6.07) is 0. The summed E-state index contributed by atoms with van der Waals surface area (Å²) in [5.74, 6) is 0.760. The number of alkyl halides is 1. The van der Waals surface area contributed by atoms with Gasteiger partial charge in [0.1, 0.15) is 0 Å². The summed E-state index contributed by atoms with van der Waals surface area (Å²) in [6.07, 6.45) is 4.50. The van der Waals surface area contributed by atoms with Gasteiger partial charge < -0.3 is 0 Å². The standard InChI is InChI=1S/C13H23Cl/c1-10(2)7-8-11(3)9-12(4)13(5,6)14/h9-10H,4,7-8H2,1-3,5-6H3/b11-9+. The van der Waals surface area contributed by atoms with Gasteiger partial charge in [-0.15, -0.1) is 11.6 Å². The molecule has 0 N–H and O–H groups in total. The van der Waals surface area contributed by atoms with Crippen LogP contribution >= 0.6 is 11.6 Å². The van der Waals surface area contributed by atoms with Gasteiger partial charge in [-0.05, 0) is 45.1 Å². The third-order valence-corrected chi connectivity index (χ3v) is 2.54. The van der Waals surface area contributed by atoms with Crippen molar-refractivity contribution >= 4 is 11.6 Å². The molecule has 0 aliphatic rings. The van der Waals surface area contributed by atoms with Gasteiger partial charge in [0.25, 0.3) is 0 Å². The fourth-order valence-corrected chi connectivity index (χ4v) is 1.11. The molecule has 0 atom stereocenters. The van der Waals surface area contributed by atoms with Crippen LogP contribution < -0.4 is 0 Å². The molecule has 0 aromatic heterocycles. The lowest BCUT2D eigenvalue weighted by Gasteiger charge is -2.17. The maximum atomic E-state index is 6.15. The average Bonchev–Trinajstić information content (AvgIpc) is 1.99. The Morgan fingerprint density at radius 3 is 2.29 bits per heavy atom. The second-order valence-electron chi connectivity index (χ2n) is 4.92. The first kappa shape index (κ1) is 13.8. The first-order chi connectivity index (χ1) is 6.23. The molecule has 0 spiro atoms. The predicted octanol–water partition coefficient (Wildman–Crippen LogP) is 4.94. The topological polar surface area (TPSA) is 0 Å². The maximum Gasteiger partial charge on any atom is 0.0633 e.